The van der Waals surface area contributed by atoms with Gasteiger partial charge in [0.05, 0.1) is 20.4 Å². The third-order valence-corrected chi connectivity index (χ3v) is 1.89. The highest BCUT2D eigenvalue weighted by atomic mass is 79.9. The summed E-state index contributed by atoms with van der Waals surface area (Å²) in [5, 5.41) is 0. The molecular weight excluding hydrogens is 238 g/mol. The van der Waals surface area contributed by atoms with Gasteiger partial charge >= 0.3 is 5.97 Å². The topological polar surface area (TPSA) is 48.4 Å². The van der Waals surface area contributed by atoms with Crippen molar-refractivity contribution in [1.29, 1.82) is 0 Å². The van der Waals surface area contributed by atoms with Gasteiger partial charge in [-0.25, -0.2) is 9.78 Å². The van der Waals surface area contributed by atoms with Crippen molar-refractivity contribution in [1.82, 2.24) is 4.98 Å². The normalized spacial score (nSPS) is 9.46. The van der Waals surface area contributed by atoms with Gasteiger partial charge in [-0.2, -0.15) is 0 Å². The maximum Gasteiger partial charge on any atom is 0.341 e. The Morgan fingerprint density at radius 1 is 1.54 bits per heavy atom. The number of esters is 1. The largest absolute Gasteiger partial charge is 0.494 e. The smallest absolute Gasteiger partial charge is 0.341 e. The quantitative estimate of drug-likeness (QED) is 0.587. The van der Waals surface area contributed by atoms with Crippen LogP contribution in [0.3, 0.4) is 0 Å². The van der Waals surface area contributed by atoms with E-state index in [1.165, 1.54) is 20.4 Å². The van der Waals surface area contributed by atoms with E-state index in [9.17, 15) is 4.79 Å². The molecule has 0 aliphatic carbocycles. The first-order chi connectivity index (χ1) is 6.19. The zero-order valence-electron chi connectivity index (χ0n) is 7.20. The molecule has 13 heavy (non-hydrogen) atoms. The first-order valence-electron chi connectivity index (χ1n) is 3.47. The number of hydrogen-bond donors (Lipinski definition) is 0. The molecule has 1 aromatic heterocycles. The molecule has 0 saturated heterocycles. The fourth-order valence-corrected chi connectivity index (χ4v) is 1.18. The van der Waals surface area contributed by atoms with Crippen molar-refractivity contribution in [2.24, 2.45) is 0 Å². The van der Waals surface area contributed by atoms with Gasteiger partial charge in [-0.3, -0.25) is 0 Å². The summed E-state index contributed by atoms with van der Waals surface area (Å²) in [4.78, 5) is 15.1. The van der Waals surface area contributed by atoms with Crippen LogP contribution in [0.15, 0.2) is 16.9 Å². The van der Waals surface area contributed by atoms with E-state index in [2.05, 4.69) is 25.7 Å². The maximum absolute atomic E-state index is 11.2. The van der Waals surface area contributed by atoms with Gasteiger partial charge in [0.15, 0.2) is 5.75 Å². The van der Waals surface area contributed by atoms with Gasteiger partial charge in [-0.05, 0) is 22.0 Å². The van der Waals surface area contributed by atoms with Gasteiger partial charge in [0.25, 0.3) is 0 Å². The molecule has 70 valence electrons. The molecule has 0 aliphatic rings. The molecule has 1 rings (SSSR count). The number of nitrogens with zero attached hydrogens (tertiary/aromatic N) is 1. The SMILES string of the molecule is COC(=O)c1cc(Br)ncc1OC. The fourth-order valence-electron chi connectivity index (χ4n) is 0.849. The average Bonchev–Trinajstić information content (AvgIpc) is 2.16. The lowest BCUT2D eigenvalue weighted by atomic mass is 10.2. The van der Waals surface area contributed by atoms with Crippen molar-refractivity contribution in [2.45, 2.75) is 0 Å². The molecule has 0 amide bonds. The monoisotopic (exact) mass is 245 g/mol. The summed E-state index contributed by atoms with van der Waals surface area (Å²) in [5.74, 6) is -0.0463. The molecule has 0 spiro atoms. The molecule has 1 aromatic rings. The van der Waals surface area contributed by atoms with Crippen LogP contribution in [0.25, 0.3) is 0 Å². The van der Waals surface area contributed by atoms with Crippen LogP contribution in [0.5, 0.6) is 5.75 Å². The van der Waals surface area contributed by atoms with Crippen molar-refractivity contribution in [2.75, 3.05) is 14.2 Å². The van der Waals surface area contributed by atoms with E-state index in [-0.39, 0.29) is 0 Å². The first kappa shape index (κ1) is 9.98. The third-order valence-electron chi connectivity index (χ3n) is 1.46. The fraction of sp³-hybridized carbons (Fsp3) is 0.250. The molecular formula is C8H8BrNO3. The van der Waals surface area contributed by atoms with Gasteiger partial charge in [-0.1, -0.05) is 0 Å². The standard InChI is InChI=1S/C8H8BrNO3/c1-12-6-4-10-7(9)3-5(6)8(11)13-2/h3-4H,1-2H3. The highest BCUT2D eigenvalue weighted by Crippen LogP contribution is 2.20. The number of methoxy groups -OCH3 is 2. The van der Waals surface area contributed by atoms with Gasteiger partial charge in [0, 0.05) is 0 Å². The predicted octanol–water partition coefficient (Wildman–Crippen LogP) is 1.64. The molecule has 0 N–H and O–H groups in total. The van der Waals surface area contributed by atoms with E-state index in [1.54, 1.807) is 6.07 Å². The van der Waals surface area contributed by atoms with Crippen LogP contribution in [0, 0.1) is 0 Å². The molecule has 5 heteroatoms. The average molecular weight is 246 g/mol. The number of ether oxygens (including phenoxy) is 2. The Labute approximate surface area is 84.0 Å². The lowest BCUT2D eigenvalue weighted by Crippen LogP contribution is -2.04. The lowest BCUT2D eigenvalue weighted by molar-refractivity contribution is 0.0597. The van der Waals surface area contributed by atoms with Gasteiger partial charge < -0.3 is 9.47 Å². The predicted molar refractivity (Wildman–Crippen MR) is 49.8 cm³/mol. The Hall–Kier alpha value is -1.10. The highest BCUT2D eigenvalue weighted by molar-refractivity contribution is 9.10. The van der Waals surface area contributed by atoms with Crippen molar-refractivity contribution in [3.05, 3.63) is 22.4 Å². The van der Waals surface area contributed by atoms with Crippen LogP contribution < -0.4 is 4.74 Å². The maximum atomic E-state index is 11.2. The highest BCUT2D eigenvalue weighted by Gasteiger charge is 2.13. The van der Waals surface area contributed by atoms with Crippen molar-refractivity contribution < 1.29 is 14.3 Å². The Balaban J connectivity index is 3.15. The second-order valence-corrected chi connectivity index (χ2v) is 3.01. The molecule has 0 saturated carbocycles. The second kappa shape index (κ2) is 4.23. The number of halogens is 1. The number of aromatic nitrogens is 1. The summed E-state index contributed by atoms with van der Waals surface area (Å²) in [5.41, 5.74) is 0.354. The van der Waals surface area contributed by atoms with E-state index in [1.807, 2.05) is 0 Å². The van der Waals surface area contributed by atoms with Crippen LogP contribution in [0.2, 0.25) is 0 Å². The van der Waals surface area contributed by atoms with Crippen LogP contribution in [0.1, 0.15) is 10.4 Å². The molecule has 4 nitrogen and oxygen atoms in total. The molecule has 0 aromatic carbocycles. The summed E-state index contributed by atoms with van der Waals surface area (Å²) in [6.07, 6.45) is 1.45. The van der Waals surface area contributed by atoms with E-state index in [0.29, 0.717) is 15.9 Å². The van der Waals surface area contributed by atoms with Crippen LogP contribution in [0.4, 0.5) is 0 Å². The molecule has 0 aliphatic heterocycles. The molecule has 0 atom stereocenters. The lowest BCUT2D eigenvalue weighted by Gasteiger charge is -2.05. The Kier molecular flexibility index (Phi) is 3.25. The van der Waals surface area contributed by atoms with Gasteiger partial charge in [0.2, 0.25) is 0 Å². The summed E-state index contributed by atoms with van der Waals surface area (Å²) < 4.78 is 10.1. The van der Waals surface area contributed by atoms with E-state index < -0.39 is 5.97 Å². The van der Waals surface area contributed by atoms with Crippen LogP contribution in [-0.2, 0) is 4.74 Å². The molecule has 0 bridgehead atoms. The van der Waals surface area contributed by atoms with Crippen molar-refractivity contribution in [3.63, 3.8) is 0 Å². The minimum atomic E-state index is -0.444. The number of rotatable bonds is 2. The van der Waals surface area contributed by atoms with E-state index >= 15 is 0 Å². The molecule has 0 unspecified atom stereocenters. The Bertz CT molecular complexity index is 327. The Morgan fingerprint density at radius 2 is 2.23 bits per heavy atom. The van der Waals surface area contributed by atoms with Crippen LogP contribution in [-0.4, -0.2) is 25.2 Å². The third kappa shape index (κ3) is 2.18. The van der Waals surface area contributed by atoms with E-state index in [4.69, 9.17) is 4.74 Å². The zero-order valence-corrected chi connectivity index (χ0v) is 8.79. The molecule has 0 radical (unpaired) electrons. The van der Waals surface area contributed by atoms with Crippen LogP contribution >= 0.6 is 15.9 Å². The number of pyridine rings is 1. The summed E-state index contributed by atoms with van der Waals surface area (Å²) in [6, 6.07) is 1.55. The first-order valence-corrected chi connectivity index (χ1v) is 4.26. The summed E-state index contributed by atoms with van der Waals surface area (Å²) in [7, 11) is 2.79. The summed E-state index contributed by atoms with van der Waals surface area (Å²) >= 11 is 3.15. The number of carbonyl (C=O) groups is 1. The molecule has 1 heterocycles. The molecule has 0 fully saturated rings. The number of carbonyl (C=O) groups excluding carboxylic acids is 1. The summed E-state index contributed by atoms with van der Waals surface area (Å²) in [6.45, 7) is 0. The van der Waals surface area contributed by atoms with Gasteiger partial charge in [-0.15, -0.1) is 0 Å². The van der Waals surface area contributed by atoms with Crippen molar-refractivity contribution in [3.8, 4) is 5.75 Å². The Morgan fingerprint density at radius 3 is 2.77 bits per heavy atom. The van der Waals surface area contributed by atoms with Gasteiger partial charge in [0.1, 0.15) is 10.2 Å². The zero-order chi connectivity index (χ0) is 9.84. The van der Waals surface area contributed by atoms with Crippen molar-refractivity contribution >= 4 is 21.9 Å². The number of hydrogen-bond acceptors (Lipinski definition) is 4. The van der Waals surface area contributed by atoms with E-state index in [0.717, 1.165) is 0 Å². The minimum Gasteiger partial charge on any atom is -0.494 e. The minimum absolute atomic E-state index is 0.354. The second-order valence-electron chi connectivity index (χ2n) is 2.20.